The molecule has 1 saturated carbocycles. The Morgan fingerprint density at radius 3 is 2.10 bits per heavy atom. The van der Waals surface area contributed by atoms with Gasteiger partial charge in [-0.1, -0.05) is 6.92 Å². The third-order valence-corrected chi connectivity index (χ3v) is 5.11. The van der Waals surface area contributed by atoms with Gasteiger partial charge in [0, 0.05) is 11.7 Å². The number of aromatic hydroxyl groups is 1. The molecule has 1 saturated heterocycles. The maximum atomic E-state index is 10.3. The summed E-state index contributed by atoms with van der Waals surface area (Å²) >= 11 is 0. The molecule has 3 rings (SSSR count). The van der Waals surface area contributed by atoms with Crippen LogP contribution >= 0.6 is 0 Å². The van der Waals surface area contributed by atoms with Gasteiger partial charge in [0.1, 0.15) is 5.75 Å². The molecule has 108 valence electrons. The molecule has 2 aliphatic rings. The first kappa shape index (κ1) is 13.9. The van der Waals surface area contributed by atoms with E-state index in [9.17, 15) is 5.11 Å². The van der Waals surface area contributed by atoms with E-state index in [0.29, 0.717) is 0 Å². The van der Waals surface area contributed by atoms with E-state index in [0.717, 1.165) is 23.9 Å². The summed E-state index contributed by atoms with van der Waals surface area (Å²) in [5.41, 5.74) is 1.09. The summed E-state index contributed by atoms with van der Waals surface area (Å²) in [6.45, 7) is 10.3. The second-order valence-corrected chi connectivity index (χ2v) is 7.27. The second-order valence-electron chi connectivity index (χ2n) is 7.27. The van der Waals surface area contributed by atoms with E-state index in [-0.39, 0.29) is 11.2 Å². The lowest BCUT2D eigenvalue weighted by Crippen LogP contribution is -2.41. The highest BCUT2D eigenvalue weighted by atomic mass is 16.7. The lowest BCUT2D eigenvalue weighted by molar-refractivity contribution is 0.00578. The molecule has 0 bridgehead atoms. The van der Waals surface area contributed by atoms with E-state index >= 15 is 0 Å². The van der Waals surface area contributed by atoms with Crippen LogP contribution < -0.4 is 5.46 Å². The van der Waals surface area contributed by atoms with Crippen LogP contribution in [0.1, 0.15) is 53.0 Å². The smallest absolute Gasteiger partial charge is 0.499 e. The minimum atomic E-state index is -0.532. The Labute approximate surface area is 120 Å². The van der Waals surface area contributed by atoms with Crippen LogP contribution in [0.5, 0.6) is 5.75 Å². The molecule has 2 heterocycles. The van der Waals surface area contributed by atoms with Crippen LogP contribution in [-0.2, 0) is 14.7 Å². The maximum Gasteiger partial charge on any atom is 0.499 e. The number of nitrogens with zero attached hydrogens (tertiary/aromatic N) is 1. The van der Waals surface area contributed by atoms with Crippen molar-refractivity contribution >= 4 is 12.6 Å². The molecule has 1 aliphatic heterocycles. The largest absolute Gasteiger partial charge is 0.507 e. The first-order valence-electron chi connectivity index (χ1n) is 7.19. The number of rotatable bonds is 2. The predicted molar refractivity (Wildman–Crippen MR) is 78.2 cm³/mol. The van der Waals surface area contributed by atoms with Crippen LogP contribution in [0.15, 0.2) is 12.4 Å². The molecule has 0 atom stereocenters. The summed E-state index contributed by atoms with van der Waals surface area (Å²) in [5, 5.41) is 10.3. The SMILES string of the molecule is CC1(c2cncc(O)c2B2OC(C)(C)C(C)(C)O2)CC1. The monoisotopic (exact) mass is 275 g/mol. The molecule has 0 aromatic carbocycles. The normalized spacial score (nSPS) is 25.8. The van der Waals surface area contributed by atoms with Crippen molar-refractivity contribution in [1.29, 1.82) is 0 Å². The van der Waals surface area contributed by atoms with Crippen molar-refractivity contribution < 1.29 is 14.4 Å². The number of aromatic nitrogens is 1. The number of pyridine rings is 1. The molecule has 1 aromatic heterocycles. The van der Waals surface area contributed by atoms with E-state index in [4.69, 9.17) is 9.31 Å². The molecular formula is C15H22BNO3. The van der Waals surface area contributed by atoms with Gasteiger partial charge >= 0.3 is 7.12 Å². The molecule has 0 spiro atoms. The van der Waals surface area contributed by atoms with Gasteiger partial charge in [0.25, 0.3) is 0 Å². The number of hydrogen-bond acceptors (Lipinski definition) is 4. The predicted octanol–water partition coefficient (Wildman–Crippen LogP) is 2.14. The second kappa shape index (κ2) is 3.98. The van der Waals surface area contributed by atoms with Gasteiger partial charge in [0.2, 0.25) is 0 Å². The van der Waals surface area contributed by atoms with Gasteiger partial charge in [-0.2, -0.15) is 0 Å². The molecule has 0 unspecified atom stereocenters. The summed E-state index contributed by atoms with van der Waals surface area (Å²) in [6, 6.07) is 0. The molecule has 1 aromatic rings. The van der Waals surface area contributed by atoms with E-state index in [1.54, 1.807) is 0 Å². The standard InChI is InChI=1S/C15H22BNO3/c1-13(2)14(3,4)20-16(19-13)12-10(15(5)6-7-15)8-17-9-11(12)18/h8-9,18H,6-7H2,1-5H3. The van der Waals surface area contributed by atoms with Crippen molar-refractivity contribution in [3.8, 4) is 5.75 Å². The molecule has 0 amide bonds. The lowest BCUT2D eigenvalue weighted by Gasteiger charge is -2.32. The Morgan fingerprint density at radius 2 is 1.60 bits per heavy atom. The highest BCUT2D eigenvalue weighted by Crippen LogP contribution is 2.48. The third-order valence-electron chi connectivity index (χ3n) is 5.11. The molecule has 1 N–H and O–H groups in total. The Bertz CT molecular complexity index is 536. The van der Waals surface area contributed by atoms with Gasteiger partial charge in [-0.05, 0) is 51.5 Å². The third kappa shape index (κ3) is 1.95. The molecule has 5 heteroatoms. The highest BCUT2D eigenvalue weighted by Gasteiger charge is 2.54. The summed E-state index contributed by atoms with van der Waals surface area (Å²) in [6.07, 6.45) is 5.54. The van der Waals surface area contributed by atoms with Crippen molar-refractivity contribution in [1.82, 2.24) is 4.98 Å². The minimum Gasteiger partial charge on any atom is -0.507 e. The van der Waals surface area contributed by atoms with Crippen molar-refractivity contribution in [2.75, 3.05) is 0 Å². The van der Waals surface area contributed by atoms with Crippen LogP contribution in [0.4, 0.5) is 0 Å². The van der Waals surface area contributed by atoms with Crippen LogP contribution in [0.25, 0.3) is 0 Å². The van der Waals surface area contributed by atoms with Crippen molar-refractivity contribution in [2.45, 2.75) is 64.1 Å². The molecule has 2 fully saturated rings. The minimum absolute atomic E-state index is 0.102. The van der Waals surface area contributed by atoms with Gasteiger partial charge in [-0.3, -0.25) is 4.98 Å². The Balaban J connectivity index is 2.04. The van der Waals surface area contributed by atoms with Crippen LogP contribution in [0.3, 0.4) is 0 Å². The molecular weight excluding hydrogens is 253 g/mol. The molecule has 1 aliphatic carbocycles. The van der Waals surface area contributed by atoms with Gasteiger partial charge in [-0.25, -0.2) is 0 Å². The van der Waals surface area contributed by atoms with Crippen LogP contribution in [0.2, 0.25) is 0 Å². The fourth-order valence-corrected chi connectivity index (χ4v) is 2.61. The highest BCUT2D eigenvalue weighted by molar-refractivity contribution is 6.63. The molecule has 4 nitrogen and oxygen atoms in total. The van der Waals surface area contributed by atoms with Crippen molar-refractivity contribution in [3.63, 3.8) is 0 Å². The Morgan fingerprint density at radius 1 is 1.05 bits per heavy atom. The zero-order valence-corrected chi connectivity index (χ0v) is 12.9. The number of hydrogen-bond donors (Lipinski definition) is 1. The molecule has 20 heavy (non-hydrogen) atoms. The summed E-state index contributed by atoms with van der Waals surface area (Å²) in [4.78, 5) is 4.13. The van der Waals surface area contributed by atoms with Gasteiger partial charge < -0.3 is 14.4 Å². The first-order valence-corrected chi connectivity index (χ1v) is 7.19. The van der Waals surface area contributed by atoms with Gasteiger partial charge in [0.05, 0.1) is 17.4 Å². The zero-order chi connectivity index (χ0) is 14.8. The summed E-state index contributed by atoms with van der Waals surface area (Å²) in [7, 11) is -0.532. The molecule has 0 radical (unpaired) electrons. The van der Waals surface area contributed by atoms with E-state index in [2.05, 4.69) is 11.9 Å². The van der Waals surface area contributed by atoms with E-state index in [1.807, 2.05) is 33.9 Å². The lowest BCUT2D eigenvalue weighted by atomic mass is 9.72. The van der Waals surface area contributed by atoms with Gasteiger partial charge in [-0.15, -0.1) is 0 Å². The average molecular weight is 275 g/mol. The van der Waals surface area contributed by atoms with Crippen LogP contribution in [0, 0.1) is 0 Å². The maximum absolute atomic E-state index is 10.3. The summed E-state index contributed by atoms with van der Waals surface area (Å²) in [5.74, 6) is 0.161. The fraction of sp³-hybridized carbons (Fsp3) is 0.667. The average Bonchev–Trinajstić information content (AvgIpc) is 3.01. The Kier molecular flexibility index (Phi) is 2.77. The van der Waals surface area contributed by atoms with Crippen LogP contribution in [-0.4, -0.2) is 28.4 Å². The quantitative estimate of drug-likeness (QED) is 0.840. The summed E-state index contributed by atoms with van der Waals surface area (Å²) < 4.78 is 12.2. The van der Waals surface area contributed by atoms with Crippen molar-refractivity contribution in [2.24, 2.45) is 0 Å². The topological polar surface area (TPSA) is 51.6 Å². The Hall–Kier alpha value is -1.07. The fourth-order valence-electron chi connectivity index (χ4n) is 2.61. The van der Waals surface area contributed by atoms with Crippen molar-refractivity contribution in [3.05, 3.63) is 18.0 Å². The zero-order valence-electron chi connectivity index (χ0n) is 12.9. The van der Waals surface area contributed by atoms with E-state index in [1.165, 1.54) is 6.20 Å². The first-order chi connectivity index (χ1) is 9.16. The van der Waals surface area contributed by atoms with E-state index < -0.39 is 18.3 Å². The van der Waals surface area contributed by atoms with Gasteiger partial charge in [0.15, 0.2) is 0 Å².